The van der Waals surface area contributed by atoms with Gasteiger partial charge in [0.2, 0.25) is 11.8 Å². The fraction of sp³-hybridized carbons (Fsp3) is 0.833. The van der Waals surface area contributed by atoms with Gasteiger partial charge in [0.1, 0.15) is 5.78 Å². The summed E-state index contributed by atoms with van der Waals surface area (Å²) < 4.78 is 10.7. The predicted molar refractivity (Wildman–Crippen MR) is 94.1 cm³/mol. The minimum Gasteiger partial charge on any atom is -0.379 e. The molecular formula is C18H32N2O5. The van der Waals surface area contributed by atoms with Crippen molar-refractivity contribution in [3.63, 3.8) is 0 Å². The molecule has 1 aliphatic carbocycles. The second-order valence-electron chi connectivity index (χ2n) is 6.40. The summed E-state index contributed by atoms with van der Waals surface area (Å²) in [6.45, 7) is 5.64. The Morgan fingerprint density at radius 3 is 2.16 bits per heavy atom. The molecule has 0 bridgehead atoms. The molecule has 1 saturated carbocycles. The molecule has 0 unspecified atom stereocenters. The number of ether oxygens (including phenoxy) is 2. The third kappa shape index (κ3) is 10.2. The molecule has 0 aromatic rings. The Morgan fingerprint density at radius 2 is 1.56 bits per heavy atom. The first kappa shape index (κ1) is 21.6. The van der Waals surface area contributed by atoms with Gasteiger partial charge in [-0.3, -0.25) is 14.4 Å². The Bertz CT molecular complexity index is 420. The lowest BCUT2D eigenvalue weighted by Gasteiger charge is -2.27. The summed E-state index contributed by atoms with van der Waals surface area (Å²) in [6, 6.07) is 0.185. The number of ketones is 1. The molecular weight excluding hydrogens is 324 g/mol. The molecule has 0 heterocycles. The molecule has 1 aliphatic rings. The molecule has 0 spiro atoms. The zero-order valence-electron chi connectivity index (χ0n) is 15.5. The quantitative estimate of drug-likeness (QED) is 0.513. The molecule has 0 aromatic heterocycles. The lowest BCUT2D eigenvalue weighted by atomic mass is 9.84. The maximum atomic E-state index is 11.9. The average Bonchev–Trinajstić information content (AvgIpc) is 2.60. The number of hydrogen-bond donors (Lipinski definition) is 2. The number of Topliss-reactive ketones (excluding diaryl/α,β-unsaturated/α-hetero) is 1. The topological polar surface area (TPSA) is 93.7 Å². The Morgan fingerprint density at radius 1 is 0.920 bits per heavy atom. The van der Waals surface area contributed by atoms with Gasteiger partial charge in [0.05, 0.1) is 26.4 Å². The standard InChI is InChI=1S/C18H32N2O5/c1-3-17(22)19-9-11-25-13-12-24-10-8-18(23)20-16-6-4-15(5-7-16)14(2)21/h15-16H,3-13H2,1-2H3,(H,19,22)(H,20,23). The van der Waals surface area contributed by atoms with Crippen molar-refractivity contribution in [2.75, 3.05) is 33.0 Å². The highest BCUT2D eigenvalue weighted by atomic mass is 16.5. The third-order valence-corrected chi connectivity index (χ3v) is 4.40. The van der Waals surface area contributed by atoms with Crippen LogP contribution in [0, 0.1) is 5.92 Å². The van der Waals surface area contributed by atoms with Crippen LogP contribution in [0.15, 0.2) is 0 Å². The maximum absolute atomic E-state index is 11.9. The van der Waals surface area contributed by atoms with Crippen LogP contribution in [0.1, 0.15) is 52.4 Å². The fourth-order valence-corrected chi connectivity index (χ4v) is 2.82. The fourth-order valence-electron chi connectivity index (χ4n) is 2.82. The van der Waals surface area contributed by atoms with Crippen molar-refractivity contribution in [2.24, 2.45) is 5.92 Å². The molecule has 7 heteroatoms. The summed E-state index contributed by atoms with van der Waals surface area (Å²) in [7, 11) is 0. The molecule has 144 valence electrons. The van der Waals surface area contributed by atoms with Gasteiger partial charge in [-0.05, 0) is 32.6 Å². The Balaban J connectivity index is 1.92. The Hall–Kier alpha value is -1.47. The lowest BCUT2D eigenvalue weighted by Crippen LogP contribution is -2.38. The Labute approximate surface area is 150 Å². The van der Waals surface area contributed by atoms with Gasteiger partial charge in [0.15, 0.2) is 0 Å². The van der Waals surface area contributed by atoms with Crippen LogP contribution in [-0.4, -0.2) is 56.6 Å². The van der Waals surface area contributed by atoms with E-state index in [1.165, 1.54) is 0 Å². The summed E-state index contributed by atoms with van der Waals surface area (Å²) in [4.78, 5) is 34.2. The van der Waals surface area contributed by atoms with Gasteiger partial charge < -0.3 is 20.1 Å². The molecule has 1 rings (SSSR count). The predicted octanol–water partition coefficient (Wildman–Crippen LogP) is 1.20. The van der Waals surface area contributed by atoms with E-state index in [-0.39, 0.29) is 29.6 Å². The van der Waals surface area contributed by atoms with Crippen LogP contribution in [0.5, 0.6) is 0 Å². The number of nitrogens with one attached hydrogen (secondary N) is 2. The van der Waals surface area contributed by atoms with Gasteiger partial charge in [-0.15, -0.1) is 0 Å². The maximum Gasteiger partial charge on any atom is 0.222 e. The van der Waals surface area contributed by atoms with Crippen molar-refractivity contribution in [1.82, 2.24) is 10.6 Å². The van der Waals surface area contributed by atoms with Crippen LogP contribution < -0.4 is 10.6 Å². The largest absolute Gasteiger partial charge is 0.379 e. The molecule has 0 saturated heterocycles. The van der Waals surface area contributed by atoms with E-state index < -0.39 is 0 Å². The van der Waals surface area contributed by atoms with Gasteiger partial charge in [-0.2, -0.15) is 0 Å². The zero-order chi connectivity index (χ0) is 18.5. The van der Waals surface area contributed by atoms with Crippen molar-refractivity contribution in [3.05, 3.63) is 0 Å². The molecule has 25 heavy (non-hydrogen) atoms. The van der Waals surface area contributed by atoms with Crippen LogP contribution >= 0.6 is 0 Å². The summed E-state index contributed by atoms with van der Waals surface area (Å²) in [6.07, 6.45) is 4.29. The second kappa shape index (κ2) is 12.8. The van der Waals surface area contributed by atoms with E-state index in [1.54, 1.807) is 13.8 Å². The van der Waals surface area contributed by atoms with Gasteiger partial charge >= 0.3 is 0 Å². The van der Waals surface area contributed by atoms with E-state index in [4.69, 9.17) is 9.47 Å². The Kier molecular flexibility index (Phi) is 11.1. The molecule has 2 N–H and O–H groups in total. The van der Waals surface area contributed by atoms with Gasteiger partial charge in [-0.25, -0.2) is 0 Å². The van der Waals surface area contributed by atoms with Crippen molar-refractivity contribution in [2.45, 2.75) is 58.4 Å². The number of hydrogen-bond acceptors (Lipinski definition) is 5. The van der Waals surface area contributed by atoms with Gasteiger partial charge in [-0.1, -0.05) is 6.92 Å². The third-order valence-electron chi connectivity index (χ3n) is 4.40. The number of amides is 2. The van der Waals surface area contributed by atoms with Crippen LogP contribution in [0.4, 0.5) is 0 Å². The molecule has 0 aromatic carbocycles. The first-order valence-electron chi connectivity index (χ1n) is 9.25. The molecule has 0 aliphatic heterocycles. The molecule has 7 nitrogen and oxygen atoms in total. The van der Waals surface area contributed by atoms with Crippen LogP contribution in [0.25, 0.3) is 0 Å². The molecule has 2 amide bonds. The van der Waals surface area contributed by atoms with E-state index in [9.17, 15) is 14.4 Å². The smallest absolute Gasteiger partial charge is 0.222 e. The second-order valence-corrected chi connectivity index (χ2v) is 6.40. The van der Waals surface area contributed by atoms with Crippen molar-refractivity contribution in [1.29, 1.82) is 0 Å². The summed E-state index contributed by atoms with van der Waals surface area (Å²) in [5.74, 6) is 0.440. The number of carbonyl (C=O) groups excluding carboxylic acids is 3. The number of carbonyl (C=O) groups is 3. The van der Waals surface area contributed by atoms with Crippen molar-refractivity contribution in [3.8, 4) is 0 Å². The van der Waals surface area contributed by atoms with E-state index >= 15 is 0 Å². The minimum atomic E-state index is -0.00512. The normalized spacial score (nSPS) is 20.1. The van der Waals surface area contributed by atoms with E-state index in [0.29, 0.717) is 45.8 Å². The van der Waals surface area contributed by atoms with E-state index in [2.05, 4.69) is 10.6 Å². The van der Waals surface area contributed by atoms with Crippen molar-refractivity contribution < 1.29 is 23.9 Å². The average molecular weight is 356 g/mol. The van der Waals surface area contributed by atoms with Crippen LogP contribution in [-0.2, 0) is 23.9 Å². The first-order chi connectivity index (χ1) is 12.0. The molecule has 0 atom stereocenters. The van der Waals surface area contributed by atoms with Crippen molar-refractivity contribution >= 4 is 17.6 Å². The van der Waals surface area contributed by atoms with Crippen LogP contribution in [0.2, 0.25) is 0 Å². The monoisotopic (exact) mass is 356 g/mol. The summed E-state index contributed by atoms with van der Waals surface area (Å²) in [5, 5.41) is 5.73. The number of rotatable bonds is 12. The van der Waals surface area contributed by atoms with Gasteiger partial charge in [0.25, 0.3) is 0 Å². The highest BCUT2D eigenvalue weighted by molar-refractivity contribution is 5.78. The SMILES string of the molecule is CCC(=O)NCCOCCOCCC(=O)NC1CCC(C(C)=O)CC1. The molecule has 0 radical (unpaired) electrons. The van der Waals surface area contributed by atoms with E-state index in [0.717, 1.165) is 25.7 Å². The van der Waals surface area contributed by atoms with E-state index in [1.807, 2.05) is 0 Å². The summed E-state index contributed by atoms with van der Waals surface area (Å²) in [5.41, 5.74) is 0. The first-order valence-corrected chi connectivity index (χ1v) is 9.25. The highest BCUT2D eigenvalue weighted by Gasteiger charge is 2.24. The summed E-state index contributed by atoms with van der Waals surface area (Å²) >= 11 is 0. The van der Waals surface area contributed by atoms with Crippen LogP contribution in [0.3, 0.4) is 0 Å². The highest BCUT2D eigenvalue weighted by Crippen LogP contribution is 2.24. The zero-order valence-corrected chi connectivity index (χ0v) is 15.5. The van der Waals surface area contributed by atoms with Gasteiger partial charge in [0, 0.05) is 31.3 Å². The molecule has 1 fully saturated rings. The minimum absolute atomic E-state index is 0.00512. The lowest BCUT2D eigenvalue weighted by molar-refractivity contribution is -0.123.